The van der Waals surface area contributed by atoms with Crippen molar-refractivity contribution >= 4 is 23.2 Å². The number of nitrogens with zero attached hydrogens (tertiary/aromatic N) is 3. The maximum absolute atomic E-state index is 13.1. The quantitative estimate of drug-likeness (QED) is 0.567. The summed E-state index contributed by atoms with van der Waals surface area (Å²) in [6.07, 6.45) is 6.22. The summed E-state index contributed by atoms with van der Waals surface area (Å²) in [7, 11) is 0. The third-order valence-corrected chi connectivity index (χ3v) is 6.25. The van der Waals surface area contributed by atoms with Crippen molar-refractivity contribution in [2.24, 2.45) is 5.92 Å². The third kappa shape index (κ3) is 6.01. The van der Waals surface area contributed by atoms with Crippen LogP contribution in [-0.2, 0) is 11.3 Å². The van der Waals surface area contributed by atoms with Gasteiger partial charge in [-0.1, -0.05) is 12.1 Å². The van der Waals surface area contributed by atoms with Crippen LogP contribution < -0.4 is 10.2 Å². The number of carbonyl (C=O) groups is 1. The largest absolute Gasteiger partial charge is 0.442 e. The Kier molecular flexibility index (Phi) is 7.09. The van der Waals surface area contributed by atoms with Crippen LogP contribution in [-0.4, -0.2) is 35.7 Å². The van der Waals surface area contributed by atoms with Crippen LogP contribution in [0.3, 0.4) is 0 Å². The Bertz CT molecular complexity index is 956. The molecule has 0 spiro atoms. The Morgan fingerprint density at radius 2 is 1.90 bits per heavy atom. The first kappa shape index (κ1) is 21.2. The number of thiazole rings is 1. The molecule has 162 valence electrons. The SMILES string of the molecule is O=C(NCCC1CCN(c2ccc(-c3ccc(F)cc3)cn2)CC1)OCc1nccs1. The summed E-state index contributed by atoms with van der Waals surface area (Å²) in [5, 5.41) is 5.48. The highest BCUT2D eigenvalue weighted by atomic mass is 32.1. The Morgan fingerprint density at radius 1 is 1.13 bits per heavy atom. The minimum atomic E-state index is -0.391. The number of nitrogens with one attached hydrogen (secondary N) is 1. The molecule has 1 aliphatic rings. The van der Waals surface area contributed by atoms with Crippen molar-refractivity contribution in [3.8, 4) is 11.1 Å². The van der Waals surface area contributed by atoms with Crippen molar-refractivity contribution < 1.29 is 13.9 Å². The molecular weight excluding hydrogens is 415 g/mol. The van der Waals surface area contributed by atoms with E-state index in [1.807, 2.05) is 23.7 Å². The fourth-order valence-electron chi connectivity index (χ4n) is 3.72. The van der Waals surface area contributed by atoms with Crippen molar-refractivity contribution in [2.75, 3.05) is 24.5 Å². The number of amides is 1. The van der Waals surface area contributed by atoms with Crippen LogP contribution in [0.5, 0.6) is 0 Å². The number of halogens is 1. The average molecular weight is 441 g/mol. The molecule has 1 N–H and O–H groups in total. The van der Waals surface area contributed by atoms with Gasteiger partial charge in [0.25, 0.3) is 0 Å². The van der Waals surface area contributed by atoms with Crippen LogP contribution in [0.4, 0.5) is 15.0 Å². The Labute approximate surface area is 185 Å². The van der Waals surface area contributed by atoms with Gasteiger partial charge in [0.1, 0.15) is 23.2 Å². The second-order valence-corrected chi connectivity index (χ2v) is 8.54. The number of aromatic nitrogens is 2. The molecule has 1 saturated heterocycles. The summed E-state index contributed by atoms with van der Waals surface area (Å²) in [6.45, 7) is 2.73. The maximum atomic E-state index is 13.1. The molecule has 1 aliphatic heterocycles. The lowest BCUT2D eigenvalue weighted by Gasteiger charge is -2.32. The van der Waals surface area contributed by atoms with Gasteiger partial charge in [0.15, 0.2) is 0 Å². The molecule has 0 bridgehead atoms. The molecule has 1 amide bonds. The molecule has 3 heterocycles. The van der Waals surface area contributed by atoms with Gasteiger partial charge < -0.3 is 15.0 Å². The van der Waals surface area contributed by atoms with E-state index < -0.39 is 6.09 Å². The number of anilines is 1. The Balaban J connectivity index is 1.17. The number of alkyl carbamates (subject to hydrolysis) is 1. The van der Waals surface area contributed by atoms with E-state index in [4.69, 9.17) is 4.74 Å². The van der Waals surface area contributed by atoms with Crippen molar-refractivity contribution in [3.05, 3.63) is 65.0 Å². The van der Waals surface area contributed by atoms with E-state index in [9.17, 15) is 9.18 Å². The second kappa shape index (κ2) is 10.3. The van der Waals surface area contributed by atoms with Gasteiger partial charge in [-0.25, -0.2) is 19.2 Å². The minimum absolute atomic E-state index is 0.217. The van der Waals surface area contributed by atoms with E-state index >= 15 is 0 Å². The van der Waals surface area contributed by atoms with Crippen LogP contribution in [0.2, 0.25) is 0 Å². The van der Waals surface area contributed by atoms with Gasteiger partial charge in [-0.2, -0.15) is 0 Å². The van der Waals surface area contributed by atoms with Gasteiger partial charge in [-0.05, 0) is 55.0 Å². The molecule has 1 aromatic carbocycles. The number of benzene rings is 1. The van der Waals surface area contributed by atoms with Crippen molar-refractivity contribution in [1.29, 1.82) is 0 Å². The first-order valence-electron chi connectivity index (χ1n) is 10.4. The number of ether oxygens (including phenoxy) is 1. The number of hydrogen-bond donors (Lipinski definition) is 1. The first-order chi connectivity index (χ1) is 15.2. The molecule has 0 aliphatic carbocycles. The minimum Gasteiger partial charge on any atom is -0.442 e. The molecule has 31 heavy (non-hydrogen) atoms. The molecule has 0 atom stereocenters. The van der Waals surface area contributed by atoms with E-state index in [-0.39, 0.29) is 12.4 Å². The Hall–Kier alpha value is -3.00. The van der Waals surface area contributed by atoms with E-state index in [0.29, 0.717) is 12.5 Å². The van der Waals surface area contributed by atoms with Crippen LogP contribution in [0.15, 0.2) is 54.2 Å². The number of pyridine rings is 1. The van der Waals surface area contributed by atoms with Gasteiger partial charge in [-0.15, -0.1) is 11.3 Å². The molecule has 0 saturated carbocycles. The lowest BCUT2D eigenvalue weighted by Crippen LogP contribution is -2.35. The lowest BCUT2D eigenvalue weighted by molar-refractivity contribution is 0.138. The topological polar surface area (TPSA) is 67.4 Å². The van der Waals surface area contributed by atoms with Crippen molar-refractivity contribution in [1.82, 2.24) is 15.3 Å². The molecular formula is C23H25FN4O2S. The van der Waals surface area contributed by atoms with E-state index in [1.54, 1.807) is 18.3 Å². The summed E-state index contributed by atoms with van der Waals surface area (Å²) < 4.78 is 18.3. The van der Waals surface area contributed by atoms with Crippen LogP contribution in [0.25, 0.3) is 11.1 Å². The zero-order valence-corrected chi connectivity index (χ0v) is 18.0. The van der Waals surface area contributed by atoms with E-state index in [2.05, 4.69) is 20.2 Å². The molecule has 6 nitrogen and oxygen atoms in total. The molecule has 0 unspecified atom stereocenters. The zero-order valence-electron chi connectivity index (χ0n) is 17.2. The van der Waals surface area contributed by atoms with Crippen LogP contribution >= 0.6 is 11.3 Å². The normalized spacial score (nSPS) is 14.4. The highest BCUT2D eigenvalue weighted by Gasteiger charge is 2.20. The van der Waals surface area contributed by atoms with Gasteiger partial charge >= 0.3 is 6.09 Å². The summed E-state index contributed by atoms with van der Waals surface area (Å²) in [4.78, 5) is 22.8. The number of rotatable bonds is 7. The standard InChI is InChI=1S/C23H25FN4O2S/c24-20-4-1-18(2-5-20)19-3-6-21(27-15-19)28-12-8-17(9-13-28)7-10-26-23(29)30-16-22-25-11-14-31-22/h1-6,11,14-15,17H,7-10,12-13,16H2,(H,26,29). The van der Waals surface area contributed by atoms with Gasteiger partial charge in [0, 0.05) is 43.0 Å². The molecule has 2 aromatic heterocycles. The van der Waals surface area contributed by atoms with E-state index in [0.717, 1.165) is 54.3 Å². The highest BCUT2D eigenvalue weighted by molar-refractivity contribution is 7.09. The van der Waals surface area contributed by atoms with Crippen LogP contribution in [0.1, 0.15) is 24.3 Å². The van der Waals surface area contributed by atoms with Crippen molar-refractivity contribution in [2.45, 2.75) is 25.9 Å². The smallest absolute Gasteiger partial charge is 0.407 e. The lowest BCUT2D eigenvalue weighted by atomic mass is 9.93. The number of hydrogen-bond acceptors (Lipinski definition) is 6. The summed E-state index contributed by atoms with van der Waals surface area (Å²) in [5.74, 6) is 1.31. The summed E-state index contributed by atoms with van der Waals surface area (Å²) in [6, 6.07) is 10.5. The van der Waals surface area contributed by atoms with E-state index in [1.165, 1.54) is 23.5 Å². The monoisotopic (exact) mass is 440 g/mol. The molecule has 0 radical (unpaired) electrons. The average Bonchev–Trinajstić information content (AvgIpc) is 3.33. The second-order valence-electron chi connectivity index (χ2n) is 7.56. The fourth-order valence-corrected chi connectivity index (χ4v) is 4.25. The Morgan fingerprint density at radius 3 is 2.58 bits per heavy atom. The van der Waals surface area contributed by atoms with Gasteiger partial charge in [-0.3, -0.25) is 0 Å². The molecule has 1 fully saturated rings. The van der Waals surface area contributed by atoms with Crippen molar-refractivity contribution in [3.63, 3.8) is 0 Å². The predicted molar refractivity (Wildman–Crippen MR) is 119 cm³/mol. The fraction of sp³-hybridized carbons (Fsp3) is 0.348. The molecule has 3 aromatic rings. The maximum Gasteiger partial charge on any atom is 0.407 e. The zero-order chi connectivity index (χ0) is 21.5. The number of piperidine rings is 1. The summed E-state index contributed by atoms with van der Waals surface area (Å²) in [5.41, 5.74) is 1.93. The highest BCUT2D eigenvalue weighted by Crippen LogP contribution is 2.26. The molecule has 8 heteroatoms. The van der Waals surface area contributed by atoms with Gasteiger partial charge in [0.05, 0.1) is 0 Å². The first-order valence-corrected chi connectivity index (χ1v) is 11.3. The molecule has 4 rings (SSSR count). The number of carbonyl (C=O) groups excluding carboxylic acids is 1. The third-order valence-electron chi connectivity index (χ3n) is 5.50. The van der Waals surface area contributed by atoms with Crippen LogP contribution in [0, 0.1) is 11.7 Å². The van der Waals surface area contributed by atoms with Gasteiger partial charge in [0.2, 0.25) is 0 Å². The summed E-state index contributed by atoms with van der Waals surface area (Å²) >= 11 is 1.47. The predicted octanol–water partition coefficient (Wildman–Crippen LogP) is 4.88.